The van der Waals surface area contributed by atoms with Crippen molar-refractivity contribution < 1.29 is 25.2 Å². The quantitative estimate of drug-likeness (QED) is 0.492. The zero-order valence-electron chi connectivity index (χ0n) is 15.3. The highest BCUT2D eigenvalue weighted by Gasteiger charge is 2.71. The minimum atomic E-state index is -1.83. The number of fused-ring (bicyclic) bond motifs is 2. The minimum absolute atomic E-state index is 0.0375. The van der Waals surface area contributed by atoms with E-state index in [4.69, 9.17) is 0 Å². The molecule has 0 unspecified atom stereocenters. The third-order valence-corrected chi connectivity index (χ3v) is 7.94. The van der Waals surface area contributed by atoms with Crippen LogP contribution in [-0.2, 0) is 4.79 Å². The monoisotopic (exact) mass is 348 g/mol. The Kier molecular flexibility index (Phi) is 3.23. The molecule has 4 aliphatic rings. The average Bonchev–Trinajstić information content (AvgIpc) is 2.75. The second-order valence-corrected chi connectivity index (χ2v) is 9.36. The maximum Gasteiger partial charge on any atom is 0.164 e. The van der Waals surface area contributed by atoms with Gasteiger partial charge in [-0.3, -0.25) is 4.79 Å². The summed E-state index contributed by atoms with van der Waals surface area (Å²) in [5.41, 5.74) is -4.04. The van der Waals surface area contributed by atoms with Crippen molar-refractivity contribution in [3.63, 3.8) is 0 Å². The van der Waals surface area contributed by atoms with E-state index in [0.717, 1.165) is 12.0 Å². The highest BCUT2D eigenvalue weighted by Crippen LogP contribution is 2.65. The molecule has 0 amide bonds. The Hall–Kier alpha value is -1.01. The Morgan fingerprint density at radius 3 is 2.40 bits per heavy atom. The molecule has 0 saturated heterocycles. The maximum absolute atomic E-state index is 12.5. The van der Waals surface area contributed by atoms with Gasteiger partial charge in [-0.25, -0.2) is 0 Å². The first-order valence-corrected chi connectivity index (χ1v) is 9.18. The average molecular weight is 348 g/mol. The van der Waals surface area contributed by atoms with Crippen LogP contribution in [0.5, 0.6) is 0 Å². The van der Waals surface area contributed by atoms with Crippen LogP contribution < -0.4 is 0 Å². The Labute approximate surface area is 148 Å². The first-order valence-electron chi connectivity index (χ1n) is 9.18. The zero-order chi connectivity index (χ0) is 18.6. The first kappa shape index (κ1) is 17.4. The summed E-state index contributed by atoms with van der Waals surface area (Å²) in [7, 11) is 0. The van der Waals surface area contributed by atoms with E-state index in [1.54, 1.807) is 20.8 Å². The lowest BCUT2D eigenvalue weighted by Crippen LogP contribution is -2.57. The van der Waals surface area contributed by atoms with Gasteiger partial charge in [-0.05, 0) is 58.6 Å². The summed E-state index contributed by atoms with van der Waals surface area (Å²) in [6.07, 6.45) is 2.97. The fraction of sp³-hybridized carbons (Fsp3) is 0.750. The molecule has 0 aromatic rings. The van der Waals surface area contributed by atoms with E-state index in [2.05, 4.69) is 0 Å². The van der Waals surface area contributed by atoms with Gasteiger partial charge in [-0.1, -0.05) is 11.6 Å². The van der Waals surface area contributed by atoms with Crippen molar-refractivity contribution in [1.82, 2.24) is 0 Å². The van der Waals surface area contributed by atoms with Crippen molar-refractivity contribution in [2.75, 3.05) is 0 Å². The van der Waals surface area contributed by atoms with Crippen LogP contribution in [0.15, 0.2) is 23.3 Å². The van der Waals surface area contributed by atoms with Crippen molar-refractivity contribution in [1.29, 1.82) is 0 Å². The molecule has 2 bridgehead atoms. The third-order valence-electron chi connectivity index (χ3n) is 7.94. The second kappa shape index (κ2) is 4.63. The van der Waals surface area contributed by atoms with E-state index < -0.39 is 34.2 Å². The van der Waals surface area contributed by atoms with Crippen LogP contribution in [0.25, 0.3) is 0 Å². The molecular formula is C20H28O5. The molecule has 0 aromatic carbocycles. The highest BCUT2D eigenvalue weighted by atomic mass is 16.4. The molecule has 2 saturated carbocycles. The van der Waals surface area contributed by atoms with Gasteiger partial charge in [0.05, 0.1) is 23.2 Å². The van der Waals surface area contributed by atoms with Crippen molar-refractivity contribution in [3.8, 4) is 0 Å². The van der Waals surface area contributed by atoms with Crippen LogP contribution in [0.4, 0.5) is 0 Å². The number of rotatable bonds is 0. The molecule has 4 N–H and O–H groups in total. The maximum atomic E-state index is 12.5. The molecule has 2 fully saturated rings. The van der Waals surface area contributed by atoms with Gasteiger partial charge in [0.1, 0.15) is 5.60 Å². The molecule has 0 aliphatic heterocycles. The highest BCUT2D eigenvalue weighted by molar-refractivity contribution is 6.00. The van der Waals surface area contributed by atoms with E-state index >= 15 is 0 Å². The Balaban J connectivity index is 1.97. The molecule has 0 radical (unpaired) electrons. The molecular weight excluding hydrogens is 320 g/mol. The Morgan fingerprint density at radius 2 is 1.76 bits per heavy atom. The molecule has 138 valence electrons. The lowest BCUT2D eigenvalue weighted by molar-refractivity contribution is -0.151. The summed E-state index contributed by atoms with van der Waals surface area (Å²) in [6, 6.07) is 0. The molecule has 1 spiro atoms. The van der Waals surface area contributed by atoms with Gasteiger partial charge in [-0.15, -0.1) is 0 Å². The van der Waals surface area contributed by atoms with Crippen LogP contribution >= 0.6 is 0 Å². The topological polar surface area (TPSA) is 98.0 Å². The number of carbonyl (C=O) groups excluding carboxylic acids is 1. The fourth-order valence-electron chi connectivity index (χ4n) is 6.42. The SMILES string of the molecule is CC1=C[C@@]23C[C@@H](O)[C@@]4(O)C(=CC(=O)C4(C)C)[C@](C)(O)[C@@H]2CC[C@@H]1[C@H]3O. The molecule has 25 heavy (non-hydrogen) atoms. The van der Waals surface area contributed by atoms with Gasteiger partial charge in [0.15, 0.2) is 5.78 Å². The van der Waals surface area contributed by atoms with Crippen LogP contribution in [0, 0.1) is 22.7 Å². The van der Waals surface area contributed by atoms with Gasteiger partial charge in [0, 0.05) is 17.3 Å². The summed E-state index contributed by atoms with van der Waals surface area (Å²) in [5, 5.41) is 45.1. The Bertz CT molecular complexity index is 718. The number of carbonyl (C=O) groups is 1. The predicted octanol–water partition coefficient (Wildman–Crippen LogP) is 1.10. The summed E-state index contributed by atoms with van der Waals surface area (Å²) < 4.78 is 0. The second-order valence-electron chi connectivity index (χ2n) is 9.36. The van der Waals surface area contributed by atoms with Gasteiger partial charge in [0.2, 0.25) is 0 Å². The van der Waals surface area contributed by atoms with Crippen molar-refractivity contribution in [2.45, 2.75) is 70.4 Å². The van der Waals surface area contributed by atoms with E-state index in [9.17, 15) is 25.2 Å². The Morgan fingerprint density at radius 1 is 1.12 bits per heavy atom. The summed E-state index contributed by atoms with van der Waals surface area (Å²) in [6.45, 7) is 6.83. The molecule has 7 atom stereocenters. The smallest absolute Gasteiger partial charge is 0.164 e. The van der Waals surface area contributed by atoms with E-state index in [0.29, 0.717) is 6.42 Å². The van der Waals surface area contributed by atoms with Gasteiger partial charge in [-0.2, -0.15) is 0 Å². The predicted molar refractivity (Wildman–Crippen MR) is 91.5 cm³/mol. The largest absolute Gasteiger partial charge is 0.392 e. The standard InChI is InChI=1S/C20H28O5/c1-10-8-19-9-15(22)20(25)13(7-14(21)17(20,2)3)18(4,24)12(19)6-5-11(10)16(19)23/h7-8,11-12,15-16,22-25H,5-6,9H2,1-4H3/t11-,12-,15+,16+,18+,19+,20-/m0/s1. The number of hydrogen-bond acceptors (Lipinski definition) is 5. The molecule has 4 aliphatic carbocycles. The number of hydrogen-bond donors (Lipinski definition) is 4. The lowest BCUT2D eigenvalue weighted by atomic mass is 9.58. The van der Waals surface area contributed by atoms with Gasteiger partial charge >= 0.3 is 0 Å². The minimum Gasteiger partial charge on any atom is -0.392 e. The van der Waals surface area contributed by atoms with Crippen LogP contribution in [0.1, 0.15) is 47.0 Å². The number of aliphatic hydroxyl groups excluding tert-OH is 2. The van der Waals surface area contributed by atoms with Crippen molar-refractivity contribution >= 4 is 5.78 Å². The van der Waals surface area contributed by atoms with Gasteiger partial charge in [0.25, 0.3) is 0 Å². The van der Waals surface area contributed by atoms with Gasteiger partial charge < -0.3 is 20.4 Å². The van der Waals surface area contributed by atoms with Crippen molar-refractivity contribution in [2.24, 2.45) is 22.7 Å². The van der Waals surface area contributed by atoms with E-state index in [1.807, 2.05) is 13.0 Å². The molecule has 0 heterocycles. The van der Waals surface area contributed by atoms with Crippen LogP contribution in [-0.4, -0.2) is 49.6 Å². The van der Waals surface area contributed by atoms with Crippen LogP contribution in [0.3, 0.4) is 0 Å². The fourth-order valence-corrected chi connectivity index (χ4v) is 6.42. The summed E-state index contributed by atoms with van der Waals surface area (Å²) >= 11 is 0. The van der Waals surface area contributed by atoms with Crippen LogP contribution in [0.2, 0.25) is 0 Å². The molecule has 0 aromatic heterocycles. The number of allylic oxidation sites excluding steroid dienone is 1. The van der Waals surface area contributed by atoms with E-state index in [1.165, 1.54) is 6.08 Å². The molecule has 4 rings (SSSR count). The summed E-state index contributed by atoms with van der Waals surface area (Å²) in [5.74, 6) is -0.608. The zero-order valence-corrected chi connectivity index (χ0v) is 15.3. The number of ketones is 1. The first-order chi connectivity index (χ1) is 11.4. The third kappa shape index (κ3) is 1.71. The molecule has 5 nitrogen and oxygen atoms in total. The van der Waals surface area contributed by atoms with Crippen molar-refractivity contribution in [3.05, 3.63) is 23.3 Å². The molecule has 5 heteroatoms. The summed E-state index contributed by atoms with van der Waals surface area (Å²) in [4.78, 5) is 12.5. The normalized spacial score (nSPS) is 53.7. The lowest BCUT2D eigenvalue weighted by Gasteiger charge is -2.49. The van der Waals surface area contributed by atoms with E-state index in [-0.39, 0.29) is 29.6 Å². The number of aliphatic hydroxyl groups is 4.